The molecule has 4 rings (SSSR count). The van der Waals surface area contributed by atoms with Crippen LogP contribution in [0.5, 0.6) is 5.75 Å². The Bertz CT molecular complexity index is 1250. The summed E-state index contributed by atoms with van der Waals surface area (Å²) in [6.45, 7) is 2.02. The number of aryl methyl sites for hydroxylation is 1. The molecular weight excluding hydrogens is 443 g/mol. The molecule has 1 aromatic heterocycles. The van der Waals surface area contributed by atoms with Crippen LogP contribution in [-0.2, 0) is 11.2 Å². The molecule has 4 aromatic rings. The number of carbonyl (C=O) groups excluding carboxylic acids is 1. The van der Waals surface area contributed by atoms with Gasteiger partial charge in [0.25, 0.3) is 0 Å². The average Bonchev–Trinajstić information content (AvgIpc) is 3.23. The third-order valence-corrected chi connectivity index (χ3v) is 6.09. The summed E-state index contributed by atoms with van der Waals surface area (Å²) >= 11 is 12.4. The highest BCUT2D eigenvalue weighted by Gasteiger charge is 2.18. The lowest BCUT2D eigenvalue weighted by atomic mass is 9.94. The van der Waals surface area contributed by atoms with Gasteiger partial charge in [0, 0.05) is 17.9 Å². The summed E-state index contributed by atoms with van der Waals surface area (Å²) in [5.41, 5.74) is 5.52. The van der Waals surface area contributed by atoms with Crippen LogP contribution in [0.3, 0.4) is 0 Å². The molecule has 0 amide bonds. The molecule has 0 radical (unpaired) electrons. The van der Waals surface area contributed by atoms with Crippen molar-refractivity contribution in [3.63, 3.8) is 0 Å². The van der Waals surface area contributed by atoms with E-state index in [9.17, 15) is 4.79 Å². The van der Waals surface area contributed by atoms with Crippen LogP contribution in [0, 0.1) is 6.92 Å². The zero-order valence-electron chi connectivity index (χ0n) is 17.8. The molecule has 0 aliphatic carbocycles. The SMILES string of the molecule is COc1ccc(-n2nc(CC(C=O)c3cccc(C)c3)cc2-c2ccc(Cl)c(Cl)c2)cc1. The number of halogens is 2. The molecule has 0 bridgehead atoms. The van der Waals surface area contributed by atoms with Gasteiger partial charge in [0.15, 0.2) is 0 Å². The van der Waals surface area contributed by atoms with E-state index in [0.717, 1.165) is 45.8 Å². The fourth-order valence-electron chi connectivity index (χ4n) is 3.68. The average molecular weight is 465 g/mol. The van der Waals surface area contributed by atoms with Gasteiger partial charge in [0.2, 0.25) is 0 Å². The van der Waals surface area contributed by atoms with E-state index in [2.05, 4.69) is 0 Å². The van der Waals surface area contributed by atoms with Crippen molar-refractivity contribution in [2.75, 3.05) is 7.11 Å². The van der Waals surface area contributed by atoms with E-state index in [1.165, 1.54) is 0 Å². The van der Waals surface area contributed by atoms with Gasteiger partial charge >= 0.3 is 0 Å². The Labute approximate surface area is 197 Å². The summed E-state index contributed by atoms with van der Waals surface area (Å²) in [5.74, 6) is 0.480. The van der Waals surface area contributed by atoms with Crippen LogP contribution in [0.25, 0.3) is 16.9 Å². The molecule has 1 heterocycles. The van der Waals surface area contributed by atoms with E-state index in [-0.39, 0.29) is 5.92 Å². The first-order valence-electron chi connectivity index (χ1n) is 10.2. The van der Waals surface area contributed by atoms with Crippen molar-refractivity contribution in [3.8, 4) is 22.7 Å². The van der Waals surface area contributed by atoms with Gasteiger partial charge in [-0.25, -0.2) is 4.68 Å². The first-order chi connectivity index (χ1) is 15.5. The molecule has 4 nitrogen and oxygen atoms in total. The number of hydrogen-bond acceptors (Lipinski definition) is 3. The van der Waals surface area contributed by atoms with Gasteiger partial charge in [-0.05, 0) is 55.0 Å². The second-order valence-corrected chi connectivity index (χ2v) is 8.43. The van der Waals surface area contributed by atoms with Crippen molar-refractivity contribution in [2.45, 2.75) is 19.3 Å². The topological polar surface area (TPSA) is 44.1 Å². The molecule has 0 saturated heterocycles. The van der Waals surface area contributed by atoms with Crippen LogP contribution < -0.4 is 4.74 Å². The van der Waals surface area contributed by atoms with Crippen LogP contribution >= 0.6 is 23.2 Å². The van der Waals surface area contributed by atoms with E-state index >= 15 is 0 Å². The van der Waals surface area contributed by atoms with Gasteiger partial charge in [-0.2, -0.15) is 5.10 Å². The van der Waals surface area contributed by atoms with E-state index < -0.39 is 0 Å². The number of rotatable bonds is 7. The van der Waals surface area contributed by atoms with Crippen molar-refractivity contribution >= 4 is 29.5 Å². The van der Waals surface area contributed by atoms with Gasteiger partial charge in [-0.15, -0.1) is 0 Å². The van der Waals surface area contributed by atoms with E-state index in [0.29, 0.717) is 16.5 Å². The molecule has 32 heavy (non-hydrogen) atoms. The number of carbonyl (C=O) groups is 1. The lowest BCUT2D eigenvalue weighted by Gasteiger charge is -2.10. The number of aldehydes is 1. The molecule has 0 aliphatic heterocycles. The Morgan fingerprint density at radius 3 is 2.44 bits per heavy atom. The zero-order valence-corrected chi connectivity index (χ0v) is 19.3. The Hall–Kier alpha value is -3.08. The normalized spacial score (nSPS) is 11.9. The van der Waals surface area contributed by atoms with Crippen LogP contribution in [-0.4, -0.2) is 23.2 Å². The number of hydrogen-bond donors (Lipinski definition) is 0. The number of methoxy groups -OCH3 is 1. The quantitative estimate of drug-likeness (QED) is 0.286. The molecule has 1 atom stereocenters. The van der Waals surface area contributed by atoms with E-state index in [4.69, 9.17) is 33.0 Å². The molecule has 0 fully saturated rings. The third-order valence-electron chi connectivity index (χ3n) is 5.36. The molecule has 0 saturated carbocycles. The second-order valence-electron chi connectivity index (χ2n) is 7.62. The van der Waals surface area contributed by atoms with Crippen LogP contribution in [0.15, 0.2) is 72.8 Å². The number of ether oxygens (including phenoxy) is 1. The Morgan fingerprint density at radius 1 is 1.00 bits per heavy atom. The van der Waals surface area contributed by atoms with Crippen LogP contribution in [0.1, 0.15) is 22.7 Å². The van der Waals surface area contributed by atoms with Gasteiger partial charge in [0.1, 0.15) is 12.0 Å². The minimum Gasteiger partial charge on any atom is -0.497 e. The molecule has 3 aromatic carbocycles. The van der Waals surface area contributed by atoms with Gasteiger partial charge in [-0.1, -0.05) is 59.1 Å². The smallest absolute Gasteiger partial charge is 0.127 e. The minimum atomic E-state index is -0.282. The van der Waals surface area contributed by atoms with Crippen molar-refractivity contribution < 1.29 is 9.53 Å². The van der Waals surface area contributed by atoms with Crippen LogP contribution in [0.4, 0.5) is 0 Å². The first-order valence-corrected chi connectivity index (χ1v) is 10.9. The summed E-state index contributed by atoms with van der Waals surface area (Å²) in [6, 6.07) is 23.2. The highest BCUT2D eigenvalue weighted by Crippen LogP contribution is 2.32. The molecule has 0 spiro atoms. The van der Waals surface area contributed by atoms with Gasteiger partial charge in [0.05, 0.1) is 34.2 Å². The monoisotopic (exact) mass is 464 g/mol. The van der Waals surface area contributed by atoms with Crippen molar-refractivity contribution in [1.29, 1.82) is 0 Å². The van der Waals surface area contributed by atoms with Crippen molar-refractivity contribution in [2.24, 2.45) is 0 Å². The lowest BCUT2D eigenvalue weighted by Crippen LogP contribution is -2.06. The third kappa shape index (κ3) is 4.72. The predicted octanol–water partition coefficient (Wildman–Crippen LogP) is 6.69. The fourth-order valence-corrected chi connectivity index (χ4v) is 3.98. The molecule has 0 N–H and O–H groups in total. The van der Waals surface area contributed by atoms with Crippen molar-refractivity contribution in [1.82, 2.24) is 9.78 Å². The summed E-state index contributed by atoms with van der Waals surface area (Å²) in [4.78, 5) is 11.9. The second kappa shape index (κ2) is 9.60. The van der Waals surface area contributed by atoms with Crippen molar-refractivity contribution in [3.05, 3.63) is 99.7 Å². The summed E-state index contributed by atoms with van der Waals surface area (Å²) in [7, 11) is 1.63. The Balaban J connectivity index is 1.77. The molecular formula is C26H22Cl2N2O2. The van der Waals surface area contributed by atoms with Gasteiger partial charge < -0.3 is 9.53 Å². The number of benzene rings is 3. The lowest BCUT2D eigenvalue weighted by molar-refractivity contribution is -0.109. The Kier molecular flexibility index (Phi) is 6.63. The molecule has 0 aliphatic rings. The summed E-state index contributed by atoms with van der Waals surface area (Å²) < 4.78 is 7.13. The molecule has 1 unspecified atom stereocenters. The highest BCUT2D eigenvalue weighted by molar-refractivity contribution is 6.42. The largest absolute Gasteiger partial charge is 0.497 e. The van der Waals surface area contributed by atoms with E-state index in [1.807, 2.05) is 78.3 Å². The van der Waals surface area contributed by atoms with Crippen LogP contribution in [0.2, 0.25) is 10.0 Å². The maximum absolute atomic E-state index is 11.9. The number of nitrogens with zero attached hydrogens (tertiary/aromatic N) is 2. The van der Waals surface area contributed by atoms with E-state index in [1.54, 1.807) is 13.2 Å². The molecule has 162 valence electrons. The summed E-state index contributed by atoms with van der Waals surface area (Å²) in [6.07, 6.45) is 1.48. The highest BCUT2D eigenvalue weighted by atomic mass is 35.5. The first kappa shape index (κ1) is 22.1. The maximum atomic E-state index is 11.9. The fraction of sp³-hybridized carbons (Fsp3) is 0.154. The zero-order chi connectivity index (χ0) is 22.7. The minimum absolute atomic E-state index is 0.282. The summed E-state index contributed by atoms with van der Waals surface area (Å²) in [5, 5.41) is 5.80. The van der Waals surface area contributed by atoms with Gasteiger partial charge in [-0.3, -0.25) is 0 Å². The predicted molar refractivity (Wildman–Crippen MR) is 129 cm³/mol. The standard InChI is InChI=1S/C26H22Cl2N2O2/c1-17-4-3-5-18(12-17)20(16-31)13-21-15-26(19-6-11-24(27)25(28)14-19)30(29-21)22-7-9-23(32-2)10-8-22/h3-12,14-16,20H,13H2,1-2H3. The Morgan fingerprint density at radius 2 is 1.78 bits per heavy atom. The maximum Gasteiger partial charge on any atom is 0.127 e. The molecule has 6 heteroatoms. The number of aromatic nitrogens is 2.